The van der Waals surface area contributed by atoms with Gasteiger partial charge < -0.3 is 20.7 Å². The van der Waals surface area contributed by atoms with E-state index < -0.39 is 29.7 Å². The SMILES string of the molecule is COC(=O)CCNC(=O)CC1NC(=O)c2ccccc2NC1=O. The lowest BCUT2D eigenvalue weighted by atomic mass is 10.1. The van der Waals surface area contributed by atoms with Gasteiger partial charge in [0.2, 0.25) is 11.8 Å². The minimum atomic E-state index is -0.979. The molecular formula is C15H17N3O5. The third-order valence-electron chi connectivity index (χ3n) is 3.32. The smallest absolute Gasteiger partial charge is 0.307 e. The number of hydrogen-bond acceptors (Lipinski definition) is 5. The molecule has 1 aromatic carbocycles. The van der Waals surface area contributed by atoms with Crippen molar-refractivity contribution in [3.05, 3.63) is 29.8 Å². The number of fused-ring (bicyclic) bond motifs is 1. The molecule has 0 radical (unpaired) electrons. The molecule has 23 heavy (non-hydrogen) atoms. The zero-order valence-corrected chi connectivity index (χ0v) is 12.5. The van der Waals surface area contributed by atoms with Crippen molar-refractivity contribution in [3.63, 3.8) is 0 Å². The average molecular weight is 319 g/mol. The molecule has 1 atom stereocenters. The summed E-state index contributed by atoms with van der Waals surface area (Å²) in [5.74, 6) is -1.78. The van der Waals surface area contributed by atoms with Gasteiger partial charge >= 0.3 is 5.97 Å². The Labute approximate surface area is 132 Å². The van der Waals surface area contributed by atoms with Crippen molar-refractivity contribution in [2.45, 2.75) is 18.9 Å². The minimum Gasteiger partial charge on any atom is -0.469 e. The van der Waals surface area contributed by atoms with Crippen LogP contribution in [-0.2, 0) is 19.1 Å². The summed E-state index contributed by atoms with van der Waals surface area (Å²) in [5, 5.41) is 7.64. The highest BCUT2D eigenvalue weighted by atomic mass is 16.5. The van der Waals surface area contributed by atoms with Crippen LogP contribution in [0.1, 0.15) is 23.2 Å². The van der Waals surface area contributed by atoms with Crippen LogP contribution >= 0.6 is 0 Å². The number of carbonyl (C=O) groups is 4. The van der Waals surface area contributed by atoms with Gasteiger partial charge in [-0.3, -0.25) is 19.2 Å². The van der Waals surface area contributed by atoms with E-state index in [2.05, 4.69) is 20.7 Å². The van der Waals surface area contributed by atoms with Crippen LogP contribution in [-0.4, -0.2) is 43.4 Å². The number of carbonyl (C=O) groups excluding carboxylic acids is 4. The molecule has 1 aliphatic rings. The fourth-order valence-electron chi connectivity index (χ4n) is 2.12. The normalized spacial score (nSPS) is 16.5. The zero-order chi connectivity index (χ0) is 16.8. The molecular weight excluding hydrogens is 302 g/mol. The van der Waals surface area contributed by atoms with Crippen molar-refractivity contribution in [1.82, 2.24) is 10.6 Å². The Morgan fingerprint density at radius 2 is 2.00 bits per heavy atom. The molecule has 2 rings (SSSR count). The third kappa shape index (κ3) is 4.29. The Kier molecular flexibility index (Phi) is 5.29. The first-order chi connectivity index (χ1) is 11.0. The molecule has 1 aliphatic heterocycles. The Morgan fingerprint density at radius 3 is 2.74 bits per heavy atom. The van der Waals surface area contributed by atoms with E-state index in [4.69, 9.17) is 0 Å². The maximum absolute atomic E-state index is 12.1. The number of nitrogens with one attached hydrogen (secondary N) is 3. The van der Waals surface area contributed by atoms with Crippen LogP contribution in [0.2, 0.25) is 0 Å². The van der Waals surface area contributed by atoms with Crippen LogP contribution < -0.4 is 16.0 Å². The first-order valence-electron chi connectivity index (χ1n) is 7.05. The van der Waals surface area contributed by atoms with Crippen LogP contribution in [0.15, 0.2) is 24.3 Å². The molecule has 0 fully saturated rings. The van der Waals surface area contributed by atoms with Crippen molar-refractivity contribution in [2.24, 2.45) is 0 Å². The predicted molar refractivity (Wildman–Crippen MR) is 80.6 cm³/mol. The number of para-hydroxylation sites is 1. The Bertz CT molecular complexity index is 644. The molecule has 1 heterocycles. The molecule has 8 nitrogen and oxygen atoms in total. The summed E-state index contributed by atoms with van der Waals surface area (Å²) < 4.78 is 4.45. The fraction of sp³-hybridized carbons (Fsp3) is 0.333. The molecule has 122 valence electrons. The third-order valence-corrected chi connectivity index (χ3v) is 3.32. The maximum atomic E-state index is 12.1. The van der Waals surface area contributed by atoms with Gasteiger partial charge in [0.05, 0.1) is 31.2 Å². The Morgan fingerprint density at radius 1 is 1.26 bits per heavy atom. The second-order valence-corrected chi connectivity index (χ2v) is 4.94. The quantitative estimate of drug-likeness (QED) is 0.651. The molecule has 8 heteroatoms. The summed E-state index contributed by atoms with van der Waals surface area (Å²) in [4.78, 5) is 47.0. The van der Waals surface area contributed by atoms with Crippen molar-refractivity contribution in [3.8, 4) is 0 Å². The van der Waals surface area contributed by atoms with Crippen molar-refractivity contribution in [2.75, 3.05) is 19.0 Å². The topological polar surface area (TPSA) is 114 Å². The van der Waals surface area contributed by atoms with Crippen LogP contribution in [0.5, 0.6) is 0 Å². The van der Waals surface area contributed by atoms with Crippen LogP contribution in [0, 0.1) is 0 Å². The van der Waals surface area contributed by atoms with Gasteiger partial charge in [-0.25, -0.2) is 0 Å². The van der Waals surface area contributed by atoms with E-state index in [0.29, 0.717) is 11.3 Å². The number of methoxy groups -OCH3 is 1. The maximum Gasteiger partial charge on any atom is 0.307 e. The summed E-state index contributed by atoms with van der Waals surface area (Å²) in [6.07, 6.45) is -0.177. The number of hydrogen-bond donors (Lipinski definition) is 3. The molecule has 0 saturated heterocycles. The standard InChI is InChI=1S/C15H17N3O5/c1-23-13(20)6-7-16-12(19)8-11-15(22)17-10-5-3-2-4-9(10)14(21)18-11/h2-5,11H,6-8H2,1H3,(H,16,19)(H,17,22)(H,18,21). The van der Waals surface area contributed by atoms with Crippen LogP contribution in [0.3, 0.4) is 0 Å². The fourth-order valence-corrected chi connectivity index (χ4v) is 2.12. The van der Waals surface area contributed by atoms with E-state index in [9.17, 15) is 19.2 Å². The highest BCUT2D eigenvalue weighted by molar-refractivity contribution is 6.10. The number of amides is 3. The summed E-state index contributed by atoms with van der Waals surface area (Å²) in [7, 11) is 1.26. The lowest BCUT2D eigenvalue weighted by Crippen LogP contribution is -2.44. The number of esters is 1. The van der Waals surface area contributed by atoms with Gasteiger partial charge in [0.1, 0.15) is 6.04 Å². The van der Waals surface area contributed by atoms with Crippen molar-refractivity contribution >= 4 is 29.4 Å². The lowest BCUT2D eigenvalue weighted by Gasteiger charge is -2.14. The number of anilines is 1. The molecule has 1 unspecified atom stereocenters. The molecule has 0 saturated carbocycles. The summed E-state index contributed by atoms with van der Waals surface area (Å²) >= 11 is 0. The molecule has 0 aliphatic carbocycles. The van der Waals surface area contributed by atoms with Crippen LogP contribution in [0.4, 0.5) is 5.69 Å². The largest absolute Gasteiger partial charge is 0.469 e. The van der Waals surface area contributed by atoms with Gasteiger partial charge in [0, 0.05) is 6.54 Å². The average Bonchev–Trinajstić information content (AvgIpc) is 2.64. The molecule has 1 aromatic rings. The zero-order valence-electron chi connectivity index (χ0n) is 12.5. The van der Waals surface area contributed by atoms with Gasteiger partial charge in [-0.1, -0.05) is 12.1 Å². The Balaban J connectivity index is 1.94. The van der Waals surface area contributed by atoms with Crippen molar-refractivity contribution in [1.29, 1.82) is 0 Å². The van der Waals surface area contributed by atoms with E-state index in [-0.39, 0.29) is 19.4 Å². The summed E-state index contributed by atoms with van der Waals surface area (Å²) in [6, 6.07) is 5.61. The van der Waals surface area contributed by atoms with E-state index in [0.717, 1.165) is 0 Å². The monoisotopic (exact) mass is 319 g/mol. The minimum absolute atomic E-state index is 0.0386. The number of benzene rings is 1. The van der Waals surface area contributed by atoms with Gasteiger partial charge in [-0.15, -0.1) is 0 Å². The molecule has 0 bridgehead atoms. The molecule has 0 aromatic heterocycles. The summed E-state index contributed by atoms with van der Waals surface area (Å²) in [5.41, 5.74) is 0.748. The first-order valence-corrected chi connectivity index (χ1v) is 7.05. The van der Waals surface area contributed by atoms with E-state index in [1.165, 1.54) is 7.11 Å². The second-order valence-electron chi connectivity index (χ2n) is 4.94. The van der Waals surface area contributed by atoms with Crippen LogP contribution in [0.25, 0.3) is 0 Å². The number of ether oxygens (including phenoxy) is 1. The first kappa shape index (κ1) is 16.5. The Hall–Kier alpha value is -2.90. The highest BCUT2D eigenvalue weighted by Gasteiger charge is 2.29. The molecule has 3 N–H and O–H groups in total. The number of rotatable bonds is 5. The van der Waals surface area contributed by atoms with E-state index in [1.54, 1.807) is 24.3 Å². The van der Waals surface area contributed by atoms with Gasteiger partial charge in [0.15, 0.2) is 0 Å². The highest BCUT2D eigenvalue weighted by Crippen LogP contribution is 2.18. The second kappa shape index (κ2) is 7.39. The van der Waals surface area contributed by atoms with E-state index in [1.807, 2.05) is 0 Å². The predicted octanol–water partition coefficient (Wildman–Crippen LogP) is -0.193. The lowest BCUT2D eigenvalue weighted by molar-refractivity contribution is -0.140. The molecule has 3 amide bonds. The summed E-state index contributed by atoms with van der Waals surface area (Å²) in [6.45, 7) is 0.105. The van der Waals surface area contributed by atoms with Crippen molar-refractivity contribution < 1.29 is 23.9 Å². The molecule has 0 spiro atoms. The van der Waals surface area contributed by atoms with E-state index >= 15 is 0 Å². The van der Waals surface area contributed by atoms with Gasteiger partial charge in [-0.2, -0.15) is 0 Å². The van der Waals surface area contributed by atoms with Gasteiger partial charge in [-0.05, 0) is 12.1 Å². The van der Waals surface area contributed by atoms with Gasteiger partial charge in [0.25, 0.3) is 5.91 Å².